The van der Waals surface area contributed by atoms with Crippen LogP contribution in [-0.2, 0) is 11.2 Å². The minimum absolute atomic E-state index is 0.399. The Morgan fingerprint density at radius 3 is 2.31 bits per heavy atom. The predicted octanol–water partition coefficient (Wildman–Crippen LogP) is 4.10. The largest absolute Gasteiger partial charge is 0.378 e. The van der Waals surface area contributed by atoms with Crippen LogP contribution in [-0.4, -0.2) is 51.3 Å². The van der Waals surface area contributed by atoms with E-state index >= 15 is 0 Å². The van der Waals surface area contributed by atoms with Gasteiger partial charge >= 0.3 is 0 Å². The number of nitrogens with zero attached hydrogens (tertiary/aromatic N) is 2. The molecule has 1 heterocycles. The molecule has 26 heavy (non-hydrogen) atoms. The van der Waals surface area contributed by atoms with Crippen molar-refractivity contribution in [2.45, 2.75) is 19.4 Å². The lowest BCUT2D eigenvalue weighted by Crippen LogP contribution is -2.36. The molecular weight excluding hydrogens is 320 g/mol. The molecule has 1 aliphatic heterocycles. The second-order valence-electron chi connectivity index (χ2n) is 7.25. The number of anilines is 1. The van der Waals surface area contributed by atoms with Crippen molar-refractivity contribution in [1.82, 2.24) is 4.90 Å². The second kappa shape index (κ2) is 9.02. The van der Waals surface area contributed by atoms with E-state index in [1.807, 2.05) is 0 Å². The van der Waals surface area contributed by atoms with Gasteiger partial charge in [-0.1, -0.05) is 54.1 Å². The first-order valence-electron chi connectivity index (χ1n) is 9.45. The first-order chi connectivity index (χ1) is 12.6. The van der Waals surface area contributed by atoms with Gasteiger partial charge in [0, 0.05) is 24.8 Å². The van der Waals surface area contributed by atoms with Gasteiger partial charge in [0.15, 0.2) is 0 Å². The second-order valence-corrected chi connectivity index (χ2v) is 7.25. The fraction of sp³-hybridized carbons (Fsp3) is 0.391. The molecule has 1 unspecified atom stereocenters. The van der Waals surface area contributed by atoms with E-state index in [4.69, 9.17) is 4.74 Å². The number of hydrogen-bond donors (Lipinski definition) is 0. The number of benzene rings is 2. The van der Waals surface area contributed by atoms with Gasteiger partial charge < -0.3 is 14.5 Å². The van der Waals surface area contributed by atoms with E-state index < -0.39 is 0 Å². The minimum atomic E-state index is 0.399. The molecule has 138 valence electrons. The Kier molecular flexibility index (Phi) is 6.48. The van der Waals surface area contributed by atoms with E-state index in [2.05, 4.69) is 91.5 Å². The fourth-order valence-electron chi connectivity index (χ4n) is 3.55. The summed E-state index contributed by atoms with van der Waals surface area (Å²) in [6.45, 7) is 5.85. The summed E-state index contributed by atoms with van der Waals surface area (Å²) in [4.78, 5) is 4.70. The first-order valence-corrected chi connectivity index (χ1v) is 9.45. The monoisotopic (exact) mass is 350 g/mol. The standard InChI is InChI=1S/C23H30N2O/c1-19(23(24(2)3)18-20-7-5-4-6-8-20)17-21-9-11-22(12-10-21)25-13-15-26-16-14-25/h4-12,17,23H,13-16,18H2,1-3H3. The van der Waals surface area contributed by atoms with Crippen LogP contribution in [0.2, 0.25) is 0 Å². The summed E-state index contributed by atoms with van der Waals surface area (Å²) in [6.07, 6.45) is 3.35. The molecule has 1 fully saturated rings. The maximum Gasteiger partial charge on any atom is 0.0642 e. The third-order valence-electron chi connectivity index (χ3n) is 5.08. The predicted molar refractivity (Wildman–Crippen MR) is 111 cm³/mol. The average Bonchev–Trinajstić information content (AvgIpc) is 2.68. The maximum absolute atomic E-state index is 5.44. The Labute approximate surface area is 157 Å². The molecule has 0 radical (unpaired) electrons. The zero-order valence-electron chi connectivity index (χ0n) is 16.2. The summed E-state index contributed by atoms with van der Waals surface area (Å²) >= 11 is 0. The Balaban J connectivity index is 1.71. The van der Waals surface area contributed by atoms with Crippen molar-refractivity contribution < 1.29 is 4.74 Å². The molecule has 1 aliphatic rings. The van der Waals surface area contributed by atoms with Crippen molar-refractivity contribution in [3.05, 3.63) is 71.3 Å². The van der Waals surface area contributed by atoms with E-state index in [0.717, 1.165) is 32.7 Å². The van der Waals surface area contributed by atoms with Crippen molar-refractivity contribution in [3.8, 4) is 0 Å². The van der Waals surface area contributed by atoms with E-state index in [1.54, 1.807) is 0 Å². The first kappa shape index (κ1) is 18.7. The quantitative estimate of drug-likeness (QED) is 0.780. The molecular formula is C23H30N2O. The summed E-state index contributed by atoms with van der Waals surface area (Å²) in [5.74, 6) is 0. The summed E-state index contributed by atoms with van der Waals surface area (Å²) < 4.78 is 5.44. The third kappa shape index (κ3) is 4.96. The molecule has 3 nitrogen and oxygen atoms in total. The number of ether oxygens (including phenoxy) is 1. The highest BCUT2D eigenvalue weighted by Gasteiger charge is 2.15. The van der Waals surface area contributed by atoms with Crippen molar-refractivity contribution >= 4 is 11.8 Å². The van der Waals surface area contributed by atoms with Gasteiger partial charge in [0.25, 0.3) is 0 Å². The van der Waals surface area contributed by atoms with Crippen LogP contribution >= 0.6 is 0 Å². The number of rotatable bonds is 6. The van der Waals surface area contributed by atoms with Gasteiger partial charge in [-0.25, -0.2) is 0 Å². The van der Waals surface area contributed by atoms with Gasteiger partial charge in [0.1, 0.15) is 0 Å². The lowest BCUT2D eigenvalue weighted by atomic mass is 9.97. The fourth-order valence-corrected chi connectivity index (χ4v) is 3.55. The number of hydrogen-bond acceptors (Lipinski definition) is 3. The maximum atomic E-state index is 5.44. The Morgan fingerprint density at radius 2 is 1.69 bits per heavy atom. The molecule has 3 heteroatoms. The number of likely N-dealkylation sites (N-methyl/N-ethyl adjacent to an activating group) is 1. The Bertz CT molecular complexity index is 701. The van der Waals surface area contributed by atoms with Crippen molar-refractivity contribution in [3.63, 3.8) is 0 Å². The highest BCUT2D eigenvalue weighted by atomic mass is 16.5. The van der Waals surface area contributed by atoms with Crippen LogP contribution in [0.15, 0.2) is 60.2 Å². The van der Waals surface area contributed by atoms with Crippen LogP contribution in [0.3, 0.4) is 0 Å². The molecule has 1 saturated heterocycles. The summed E-state index contributed by atoms with van der Waals surface area (Å²) in [5, 5.41) is 0. The molecule has 3 rings (SSSR count). The molecule has 0 N–H and O–H groups in total. The molecule has 2 aromatic rings. The van der Waals surface area contributed by atoms with Gasteiger partial charge in [-0.2, -0.15) is 0 Å². The minimum Gasteiger partial charge on any atom is -0.378 e. The normalized spacial score (nSPS) is 16.8. The van der Waals surface area contributed by atoms with E-state index in [1.165, 1.54) is 22.4 Å². The molecule has 0 bridgehead atoms. The molecule has 0 saturated carbocycles. The Hall–Kier alpha value is -2.10. The van der Waals surface area contributed by atoms with Gasteiger partial charge in [0.2, 0.25) is 0 Å². The van der Waals surface area contributed by atoms with E-state index in [0.29, 0.717) is 6.04 Å². The van der Waals surface area contributed by atoms with Crippen LogP contribution in [0.5, 0.6) is 0 Å². The van der Waals surface area contributed by atoms with Crippen LogP contribution in [0.25, 0.3) is 6.08 Å². The molecule has 0 spiro atoms. The van der Waals surface area contributed by atoms with E-state index in [-0.39, 0.29) is 0 Å². The smallest absolute Gasteiger partial charge is 0.0642 e. The summed E-state index contributed by atoms with van der Waals surface area (Å²) in [7, 11) is 4.32. The van der Waals surface area contributed by atoms with Crippen LogP contribution in [0.1, 0.15) is 18.1 Å². The lowest BCUT2D eigenvalue weighted by molar-refractivity contribution is 0.122. The topological polar surface area (TPSA) is 15.7 Å². The Morgan fingerprint density at radius 1 is 1.04 bits per heavy atom. The van der Waals surface area contributed by atoms with Crippen molar-refractivity contribution in [2.24, 2.45) is 0 Å². The molecule has 0 aliphatic carbocycles. The zero-order chi connectivity index (χ0) is 18.4. The highest BCUT2D eigenvalue weighted by Crippen LogP contribution is 2.21. The van der Waals surface area contributed by atoms with Crippen molar-refractivity contribution in [2.75, 3.05) is 45.3 Å². The van der Waals surface area contributed by atoms with Crippen LogP contribution in [0, 0.1) is 0 Å². The molecule has 0 amide bonds. The van der Waals surface area contributed by atoms with Crippen LogP contribution < -0.4 is 4.90 Å². The summed E-state index contributed by atoms with van der Waals surface area (Å²) in [6, 6.07) is 20.0. The van der Waals surface area contributed by atoms with Gasteiger partial charge in [-0.15, -0.1) is 0 Å². The van der Waals surface area contributed by atoms with Crippen molar-refractivity contribution in [1.29, 1.82) is 0 Å². The molecule has 1 atom stereocenters. The zero-order valence-corrected chi connectivity index (χ0v) is 16.2. The summed E-state index contributed by atoms with van der Waals surface area (Å²) in [5.41, 5.74) is 5.32. The highest BCUT2D eigenvalue weighted by molar-refractivity contribution is 5.58. The molecule has 2 aromatic carbocycles. The van der Waals surface area contributed by atoms with Crippen LogP contribution in [0.4, 0.5) is 5.69 Å². The molecule has 0 aromatic heterocycles. The lowest BCUT2D eigenvalue weighted by Gasteiger charge is -2.29. The third-order valence-corrected chi connectivity index (χ3v) is 5.08. The average molecular weight is 351 g/mol. The van der Waals surface area contributed by atoms with Gasteiger partial charge in [-0.3, -0.25) is 0 Å². The number of morpholine rings is 1. The van der Waals surface area contributed by atoms with Gasteiger partial charge in [0.05, 0.1) is 13.2 Å². The van der Waals surface area contributed by atoms with Gasteiger partial charge in [-0.05, 0) is 50.7 Å². The van der Waals surface area contributed by atoms with E-state index in [9.17, 15) is 0 Å². The SMILES string of the molecule is CC(=Cc1ccc(N2CCOCC2)cc1)C(Cc1ccccc1)N(C)C.